The first kappa shape index (κ1) is 17.4. The molecule has 126 valence electrons. The molecule has 0 spiro atoms. The molecule has 0 aromatic heterocycles. The molecule has 0 atom stereocenters. The number of ether oxygens (including phenoxy) is 4. The van der Waals surface area contributed by atoms with E-state index in [-0.39, 0.29) is 5.78 Å². The molecule has 0 bridgehead atoms. The van der Waals surface area contributed by atoms with Gasteiger partial charge >= 0.3 is 0 Å². The van der Waals surface area contributed by atoms with Crippen LogP contribution in [0.1, 0.15) is 15.9 Å². The lowest BCUT2D eigenvalue weighted by Gasteiger charge is -2.08. The number of hydrogen-bond donors (Lipinski definition) is 0. The Morgan fingerprint density at radius 1 is 0.792 bits per heavy atom. The fraction of sp³-hybridized carbons (Fsp3) is 0.211. The standard InChI is InChI=1S/C19H20O5/c1-21-15-7-10-17(22-2)14(11-15)5-8-16(20)13-6-9-18(23-3)19(12-13)24-4/h5-12H,1-4H3/b8-5+. The third kappa shape index (κ3) is 3.87. The molecule has 0 heterocycles. The van der Waals surface area contributed by atoms with E-state index in [4.69, 9.17) is 18.9 Å². The van der Waals surface area contributed by atoms with Crippen LogP contribution >= 0.6 is 0 Å². The average Bonchev–Trinajstić information content (AvgIpc) is 2.64. The van der Waals surface area contributed by atoms with Crippen LogP contribution in [0.15, 0.2) is 42.5 Å². The summed E-state index contributed by atoms with van der Waals surface area (Å²) in [5.74, 6) is 2.28. The number of rotatable bonds is 7. The number of carbonyl (C=O) groups is 1. The monoisotopic (exact) mass is 328 g/mol. The van der Waals surface area contributed by atoms with E-state index < -0.39 is 0 Å². The quantitative estimate of drug-likeness (QED) is 0.574. The Bertz CT molecular complexity index is 749. The smallest absolute Gasteiger partial charge is 0.185 e. The fourth-order valence-electron chi connectivity index (χ4n) is 2.22. The Kier molecular flexibility index (Phi) is 5.84. The van der Waals surface area contributed by atoms with Crippen LogP contribution in [0.2, 0.25) is 0 Å². The summed E-state index contributed by atoms with van der Waals surface area (Å²) < 4.78 is 20.9. The van der Waals surface area contributed by atoms with Gasteiger partial charge in [0, 0.05) is 11.1 Å². The normalized spacial score (nSPS) is 10.5. The van der Waals surface area contributed by atoms with Crippen molar-refractivity contribution < 1.29 is 23.7 Å². The van der Waals surface area contributed by atoms with Gasteiger partial charge in [0.25, 0.3) is 0 Å². The van der Waals surface area contributed by atoms with Crippen LogP contribution in [0, 0.1) is 0 Å². The van der Waals surface area contributed by atoms with Crippen LogP contribution in [-0.2, 0) is 0 Å². The lowest BCUT2D eigenvalue weighted by molar-refractivity contribution is 0.104. The zero-order valence-corrected chi connectivity index (χ0v) is 14.2. The van der Waals surface area contributed by atoms with Crippen molar-refractivity contribution >= 4 is 11.9 Å². The highest BCUT2D eigenvalue weighted by atomic mass is 16.5. The summed E-state index contributed by atoms with van der Waals surface area (Å²) in [5.41, 5.74) is 1.26. The molecule has 2 rings (SSSR count). The van der Waals surface area contributed by atoms with Gasteiger partial charge in [-0.15, -0.1) is 0 Å². The summed E-state index contributed by atoms with van der Waals surface area (Å²) in [6, 6.07) is 10.4. The van der Waals surface area contributed by atoms with Gasteiger partial charge in [0.1, 0.15) is 11.5 Å². The molecule has 0 saturated heterocycles. The predicted octanol–water partition coefficient (Wildman–Crippen LogP) is 3.62. The van der Waals surface area contributed by atoms with Crippen LogP contribution in [0.3, 0.4) is 0 Å². The summed E-state index contributed by atoms with van der Waals surface area (Å²) >= 11 is 0. The van der Waals surface area contributed by atoms with Crippen molar-refractivity contribution in [1.82, 2.24) is 0 Å². The molecule has 5 heteroatoms. The minimum Gasteiger partial charge on any atom is -0.497 e. The molecular formula is C19H20O5. The Hall–Kier alpha value is -2.95. The minimum absolute atomic E-state index is 0.152. The van der Waals surface area contributed by atoms with Gasteiger partial charge in [-0.25, -0.2) is 0 Å². The second-order valence-corrected chi connectivity index (χ2v) is 4.88. The molecular weight excluding hydrogens is 308 g/mol. The van der Waals surface area contributed by atoms with E-state index in [0.717, 1.165) is 5.56 Å². The maximum absolute atomic E-state index is 12.4. The van der Waals surface area contributed by atoms with Gasteiger partial charge in [0.05, 0.1) is 28.4 Å². The highest BCUT2D eigenvalue weighted by Crippen LogP contribution is 2.28. The summed E-state index contributed by atoms with van der Waals surface area (Å²) in [6.45, 7) is 0. The van der Waals surface area contributed by atoms with Crippen molar-refractivity contribution in [2.45, 2.75) is 0 Å². The first-order valence-electron chi connectivity index (χ1n) is 7.29. The molecule has 24 heavy (non-hydrogen) atoms. The maximum atomic E-state index is 12.4. The van der Waals surface area contributed by atoms with Crippen LogP contribution in [0.4, 0.5) is 0 Å². The Morgan fingerprint density at radius 2 is 1.46 bits per heavy atom. The number of ketones is 1. The van der Waals surface area contributed by atoms with E-state index in [1.165, 1.54) is 13.2 Å². The first-order chi connectivity index (χ1) is 11.6. The van der Waals surface area contributed by atoms with Crippen molar-refractivity contribution in [3.8, 4) is 23.0 Å². The first-order valence-corrected chi connectivity index (χ1v) is 7.29. The van der Waals surface area contributed by atoms with E-state index in [1.54, 1.807) is 63.8 Å². The van der Waals surface area contributed by atoms with Gasteiger partial charge in [0.15, 0.2) is 17.3 Å². The molecule has 0 aliphatic heterocycles. The Morgan fingerprint density at radius 3 is 2.08 bits per heavy atom. The molecule has 0 saturated carbocycles. The molecule has 0 fully saturated rings. The topological polar surface area (TPSA) is 54.0 Å². The lowest BCUT2D eigenvalue weighted by atomic mass is 10.1. The summed E-state index contributed by atoms with van der Waals surface area (Å²) in [6.07, 6.45) is 3.18. The predicted molar refractivity (Wildman–Crippen MR) is 92.5 cm³/mol. The Labute approximate surface area is 141 Å². The second-order valence-electron chi connectivity index (χ2n) is 4.88. The second kappa shape index (κ2) is 8.06. The van der Waals surface area contributed by atoms with Crippen molar-refractivity contribution in [1.29, 1.82) is 0 Å². The summed E-state index contributed by atoms with van der Waals surface area (Å²) in [5, 5.41) is 0. The molecule has 0 unspecified atom stereocenters. The zero-order chi connectivity index (χ0) is 17.5. The van der Waals surface area contributed by atoms with Gasteiger partial charge in [-0.3, -0.25) is 4.79 Å². The van der Waals surface area contributed by atoms with Crippen LogP contribution in [0.5, 0.6) is 23.0 Å². The van der Waals surface area contributed by atoms with E-state index >= 15 is 0 Å². The largest absolute Gasteiger partial charge is 0.497 e. The molecule has 0 amide bonds. The third-order valence-corrected chi connectivity index (χ3v) is 3.52. The molecule has 0 aliphatic carbocycles. The van der Waals surface area contributed by atoms with E-state index in [0.29, 0.717) is 28.6 Å². The maximum Gasteiger partial charge on any atom is 0.185 e. The van der Waals surface area contributed by atoms with E-state index in [9.17, 15) is 4.79 Å². The van der Waals surface area contributed by atoms with Crippen LogP contribution in [-0.4, -0.2) is 34.2 Å². The van der Waals surface area contributed by atoms with Crippen molar-refractivity contribution in [2.75, 3.05) is 28.4 Å². The number of benzene rings is 2. The lowest BCUT2D eigenvalue weighted by Crippen LogP contribution is -1.97. The van der Waals surface area contributed by atoms with Gasteiger partial charge in [-0.05, 0) is 48.6 Å². The van der Waals surface area contributed by atoms with Gasteiger partial charge < -0.3 is 18.9 Å². The van der Waals surface area contributed by atoms with Gasteiger partial charge in [-0.1, -0.05) is 0 Å². The van der Waals surface area contributed by atoms with Crippen molar-refractivity contribution in [3.63, 3.8) is 0 Å². The summed E-state index contributed by atoms with van der Waals surface area (Å²) in [4.78, 5) is 12.4. The average molecular weight is 328 g/mol. The third-order valence-electron chi connectivity index (χ3n) is 3.52. The Balaban J connectivity index is 2.27. The van der Waals surface area contributed by atoms with Crippen LogP contribution in [0.25, 0.3) is 6.08 Å². The molecule has 2 aromatic carbocycles. The van der Waals surface area contributed by atoms with Crippen molar-refractivity contribution in [2.24, 2.45) is 0 Å². The molecule has 0 N–H and O–H groups in total. The molecule has 0 aliphatic rings. The van der Waals surface area contributed by atoms with Gasteiger partial charge in [0.2, 0.25) is 0 Å². The zero-order valence-electron chi connectivity index (χ0n) is 14.2. The number of hydrogen-bond acceptors (Lipinski definition) is 5. The fourth-order valence-corrected chi connectivity index (χ4v) is 2.22. The number of allylic oxidation sites excluding steroid dienone is 1. The summed E-state index contributed by atoms with van der Waals surface area (Å²) in [7, 11) is 6.25. The number of carbonyl (C=O) groups excluding carboxylic acids is 1. The van der Waals surface area contributed by atoms with Crippen molar-refractivity contribution in [3.05, 3.63) is 53.6 Å². The van der Waals surface area contributed by atoms with E-state index in [2.05, 4.69) is 0 Å². The minimum atomic E-state index is -0.152. The van der Waals surface area contributed by atoms with Crippen LogP contribution < -0.4 is 18.9 Å². The molecule has 0 radical (unpaired) electrons. The highest BCUT2D eigenvalue weighted by Gasteiger charge is 2.09. The SMILES string of the molecule is COc1ccc(OC)c(/C=C/C(=O)c2ccc(OC)c(OC)c2)c1. The number of methoxy groups -OCH3 is 4. The molecule has 2 aromatic rings. The molecule has 5 nitrogen and oxygen atoms in total. The van der Waals surface area contributed by atoms with Gasteiger partial charge in [-0.2, -0.15) is 0 Å². The highest BCUT2D eigenvalue weighted by molar-refractivity contribution is 6.07. The van der Waals surface area contributed by atoms with E-state index in [1.807, 2.05) is 0 Å².